The van der Waals surface area contributed by atoms with Gasteiger partial charge >= 0.3 is 0 Å². The number of nitrogens with one attached hydrogen (secondary N) is 2. The fourth-order valence-corrected chi connectivity index (χ4v) is 3.74. The van der Waals surface area contributed by atoms with Crippen LogP contribution in [0.2, 0.25) is 5.02 Å². The van der Waals surface area contributed by atoms with Crippen molar-refractivity contribution in [3.05, 3.63) is 59.1 Å². The van der Waals surface area contributed by atoms with Crippen molar-refractivity contribution in [1.29, 1.82) is 0 Å². The molecule has 1 saturated heterocycles. The first-order valence-electron chi connectivity index (χ1n) is 9.20. The summed E-state index contributed by atoms with van der Waals surface area (Å²) >= 11 is 11.7. The second kappa shape index (κ2) is 9.20. The van der Waals surface area contributed by atoms with Crippen LogP contribution in [0.5, 0.6) is 0 Å². The third-order valence-corrected chi connectivity index (χ3v) is 5.30. The van der Waals surface area contributed by atoms with Crippen molar-refractivity contribution in [2.45, 2.75) is 26.2 Å². The Morgan fingerprint density at radius 1 is 1.19 bits per heavy atom. The SMILES string of the molecule is CC1CCN(c2ccc(NC(=S)NC(=O)Cc3ccccc3)cc2Cl)CC1. The summed E-state index contributed by atoms with van der Waals surface area (Å²) in [6, 6.07) is 15.4. The lowest BCUT2D eigenvalue weighted by molar-refractivity contribution is -0.119. The summed E-state index contributed by atoms with van der Waals surface area (Å²) in [5.74, 6) is 0.627. The Balaban J connectivity index is 1.55. The Morgan fingerprint density at radius 2 is 1.89 bits per heavy atom. The molecule has 1 aliphatic rings. The van der Waals surface area contributed by atoms with Crippen molar-refractivity contribution >= 4 is 46.2 Å². The van der Waals surface area contributed by atoms with Gasteiger partial charge in [-0.15, -0.1) is 0 Å². The summed E-state index contributed by atoms with van der Waals surface area (Å²) in [6.45, 7) is 4.35. The summed E-state index contributed by atoms with van der Waals surface area (Å²) in [7, 11) is 0. The minimum absolute atomic E-state index is 0.149. The highest BCUT2D eigenvalue weighted by Gasteiger charge is 2.18. The number of hydrogen-bond acceptors (Lipinski definition) is 3. The maximum atomic E-state index is 12.1. The molecule has 6 heteroatoms. The zero-order chi connectivity index (χ0) is 19.2. The number of hydrogen-bond donors (Lipinski definition) is 2. The molecule has 1 fully saturated rings. The van der Waals surface area contributed by atoms with Crippen LogP contribution in [0.15, 0.2) is 48.5 Å². The van der Waals surface area contributed by atoms with E-state index in [0.29, 0.717) is 5.02 Å². The first kappa shape index (κ1) is 19.6. The highest BCUT2D eigenvalue weighted by Crippen LogP contribution is 2.31. The molecule has 2 aromatic carbocycles. The number of piperidine rings is 1. The highest BCUT2D eigenvalue weighted by atomic mass is 35.5. The molecule has 3 rings (SSSR count). The Kier molecular flexibility index (Phi) is 6.69. The molecule has 142 valence electrons. The molecule has 0 saturated carbocycles. The molecule has 1 amide bonds. The van der Waals surface area contributed by atoms with E-state index < -0.39 is 0 Å². The van der Waals surface area contributed by atoms with E-state index in [2.05, 4.69) is 22.5 Å². The van der Waals surface area contributed by atoms with E-state index in [1.54, 1.807) is 0 Å². The van der Waals surface area contributed by atoms with Gasteiger partial charge in [-0.25, -0.2) is 0 Å². The van der Waals surface area contributed by atoms with Crippen LogP contribution in [0.25, 0.3) is 0 Å². The van der Waals surface area contributed by atoms with Gasteiger partial charge in [0, 0.05) is 18.8 Å². The normalized spacial score (nSPS) is 14.7. The largest absolute Gasteiger partial charge is 0.370 e. The molecular weight excluding hydrogens is 378 g/mol. The van der Waals surface area contributed by atoms with E-state index in [1.165, 1.54) is 12.8 Å². The van der Waals surface area contributed by atoms with Gasteiger partial charge in [-0.3, -0.25) is 4.79 Å². The summed E-state index contributed by atoms with van der Waals surface area (Å²) < 4.78 is 0. The van der Waals surface area contributed by atoms with Crippen molar-refractivity contribution in [2.75, 3.05) is 23.3 Å². The van der Waals surface area contributed by atoms with Gasteiger partial charge in [0.05, 0.1) is 17.1 Å². The number of anilines is 2. The molecular formula is C21H24ClN3OS. The Labute approximate surface area is 170 Å². The number of benzene rings is 2. The molecule has 1 aliphatic heterocycles. The molecule has 27 heavy (non-hydrogen) atoms. The van der Waals surface area contributed by atoms with Gasteiger partial charge in [-0.2, -0.15) is 0 Å². The molecule has 0 atom stereocenters. The predicted octanol–water partition coefficient (Wildman–Crippen LogP) is 4.63. The molecule has 0 aliphatic carbocycles. The molecule has 2 N–H and O–H groups in total. The molecule has 0 aromatic heterocycles. The van der Waals surface area contributed by atoms with Gasteiger partial charge in [0.1, 0.15) is 0 Å². The Morgan fingerprint density at radius 3 is 2.56 bits per heavy atom. The topological polar surface area (TPSA) is 44.4 Å². The molecule has 0 radical (unpaired) electrons. The Bertz CT molecular complexity index is 804. The number of thiocarbonyl (C=S) groups is 1. The second-order valence-electron chi connectivity index (χ2n) is 7.00. The second-order valence-corrected chi connectivity index (χ2v) is 7.82. The molecule has 0 bridgehead atoms. The standard InChI is InChI=1S/C21H24ClN3OS/c1-15-9-11-25(12-10-15)19-8-7-17(14-18(19)22)23-21(27)24-20(26)13-16-5-3-2-4-6-16/h2-8,14-15H,9-13H2,1H3,(H2,23,24,26,27). The quantitative estimate of drug-likeness (QED) is 0.733. The third kappa shape index (κ3) is 5.68. The van der Waals surface area contributed by atoms with E-state index >= 15 is 0 Å². The number of carbonyl (C=O) groups excluding carboxylic acids is 1. The van der Waals surface area contributed by atoms with E-state index in [1.807, 2.05) is 48.5 Å². The Hall–Kier alpha value is -2.11. The number of nitrogens with zero attached hydrogens (tertiary/aromatic N) is 1. The van der Waals surface area contributed by atoms with Crippen molar-refractivity contribution < 1.29 is 4.79 Å². The van der Waals surface area contributed by atoms with Crippen LogP contribution >= 0.6 is 23.8 Å². The first-order valence-corrected chi connectivity index (χ1v) is 9.99. The van der Waals surface area contributed by atoms with E-state index in [-0.39, 0.29) is 17.4 Å². The van der Waals surface area contributed by atoms with Crippen molar-refractivity contribution in [3.63, 3.8) is 0 Å². The van der Waals surface area contributed by atoms with Gasteiger partial charge in [0.2, 0.25) is 5.91 Å². The smallest absolute Gasteiger partial charge is 0.230 e. The predicted molar refractivity (Wildman–Crippen MR) is 117 cm³/mol. The zero-order valence-electron chi connectivity index (χ0n) is 15.4. The first-order chi connectivity index (χ1) is 13.0. The number of carbonyl (C=O) groups is 1. The van der Waals surface area contributed by atoms with Crippen molar-refractivity contribution in [1.82, 2.24) is 5.32 Å². The summed E-state index contributed by atoms with van der Waals surface area (Å²) in [5, 5.41) is 6.70. The fourth-order valence-electron chi connectivity index (χ4n) is 3.21. The summed E-state index contributed by atoms with van der Waals surface area (Å²) in [4.78, 5) is 14.4. The average molecular weight is 402 g/mol. The fraction of sp³-hybridized carbons (Fsp3) is 0.333. The van der Waals surface area contributed by atoms with Gasteiger partial charge in [-0.05, 0) is 54.7 Å². The minimum atomic E-state index is -0.149. The van der Waals surface area contributed by atoms with Crippen molar-refractivity contribution in [3.8, 4) is 0 Å². The van der Waals surface area contributed by atoms with Gasteiger partial charge in [-0.1, -0.05) is 48.9 Å². The number of halogens is 1. The molecule has 4 nitrogen and oxygen atoms in total. The van der Waals surface area contributed by atoms with Gasteiger partial charge in [0.15, 0.2) is 5.11 Å². The van der Waals surface area contributed by atoms with Crippen LogP contribution in [-0.2, 0) is 11.2 Å². The van der Waals surface area contributed by atoms with Crippen molar-refractivity contribution in [2.24, 2.45) is 5.92 Å². The van der Waals surface area contributed by atoms with E-state index in [9.17, 15) is 4.79 Å². The summed E-state index contributed by atoms with van der Waals surface area (Å²) in [5.41, 5.74) is 2.76. The van der Waals surface area contributed by atoms with Crippen LogP contribution in [0.3, 0.4) is 0 Å². The van der Waals surface area contributed by atoms with Crippen LogP contribution in [-0.4, -0.2) is 24.1 Å². The maximum absolute atomic E-state index is 12.1. The van der Waals surface area contributed by atoms with Crippen LogP contribution in [0, 0.1) is 5.92 Å². The lowest BCUT2D eigenvalue weighted by atomic mass is 9.99. The summed E-state index contributed by atoms with van der Waals surface area (Å²) in [6.07, 6.45) is 2.66. The lowest BCUT2D eigenvalue weighted by Crippen LogP contribution is -2.35. The van der Waals surface area contributed by atoms with Gasteiger partial charge < -0.3 is 15.5 Å². The minimum Gasteiger partial charge on any atom is -0.370 e. The average Bonchev–Trinajstić information content (AvgIpc) is 2.63. The van der Waals surface area contributed by atoms with E-state index in [4.69, 9.17) is 23.8 Å². The molecule has 2 aromatic rings. The highest BCUT2D eigenvalue weighted by molar-refractivity contribution is 7.80. The molecule has 1 heterocycles. The molecule has 0 spiro atoms. The van der Waals surface area contributed by atoms with Crippen LogP contribution in [0.1, 0.15) is 25.3 Å². The molecule has 0 unspecified atom stereocenters. The number of amides is 1. The maximum Gasteiger partial charge on any atom is 0.230 e. The van der Waals surface area contributed by atoms with Gasteiger partial charge in [0.25, 0.3) is 0 Å². The third-order valence-electron chi connectivity index (χ3n) is 4.79. The number of rotatable bonds is 4. The zero-order valence-corrected chi connectivity index (χ0v) is 16.9. The van der Waals surface area contributed by atoms with Crippen LogP contribution in [0.4, 0.5) is 11.4 Å². The van der Waals surface area contributed by atoms with E-state index in [0.717, 1.165) is 35.9 Å². The van der Waals surface area contributed by atoms with Crippen LogP contribution < -0.4 is 15.5 Å². The lowest BCUT2D eigenvalue weighted by Gasteiger charge is -2.32. The monoisotopic (exact) mass is 401 g/mol.